The van der Waals surface area contributed by atoms with Crippen LogP contribution in [0.3, 0.4) is 0 Å². The average molecular weight is 252 g/mol. The van der Waals surface area contributed by atoms with Crippen molar-refractivity contribution in [3.05, 3.63) is 12.7 Å². The molecule has 3 nitrogen and oxygen atoms in total. The van der Waals surface area contributed by atoms with Gasteiger partial charge in [-0.2, -0.15) is 0 Å². The molecule has 1 aliphatic carbocycles. The first-order chi connectivity index (χ1) is 8.69. The lowest BCUT2D eigenvalue weighted by Gasteiger charge is -2.17. The van der Waals surface area contributed by atoms with E-state index in [9.17, 15) is 9.59 Å². The predicted octanol–water partition coefficient (Wildman–Crippen LogP) is 3.28. The maximum Gasteiger partial charge on any atom is 0.306 e. The summed E-state index contributed by atoms with van der Waals surface area (Å²) in [5.74, 6) is 0.433. The van der Waals surface area contributed by atoms with Crippen LogP contribution < -0.4 is 0 Å². The summed E-state index contributed by atoms with van der Waals surface area (Å²) >= 11 is 0. The summed E-state index contributed by atoms with van der Waals surface area (Å²) in [6.07, 6.45) is 7.78. The van der Waals surface area contributed by atoms with Crippen LogP contribution in [-0.2, 0) is 14.3 Å². The minimum absolute atomic E-state index is 0.0906. The summed E-state index contributed by atoms with van der Waals surface area (Å²) in [5.41, 5.74) is 0. The Morgan fingerprint density at radius 1 is 1.50 bits per heavy atom. The maximum absolute atomic E-state index is 11.8. The maximum atomic E-state index is 11.8. The molecule has 0 radical (unpaired) electrons. The van der Waals surface area contributed by atoms with Crippen molar-refractivity contribution in [3.63, 3.8) is 0 Å². The number of hydrogen-bond donors (Lipinski definition) is 0. The molecule has 0 amide bonds. The lowest BCUT2D eigenvalue weighted by Crippen LogP contribution is -2.19. The number of Topliss-reactive ketones (excluding diaryl/α,β-unsaturated/α-hetero) is 1. The van der Waals surface area contributed by atoms with Crippen molar-refractivity contribution in [1.82, 2.24) is 0 Å². The SMILES string of the molecule is C=CCOC(=O)CC1CCC(=O)C1CCCCC. The van der Waals surface area contributed by atoms with Gasteiger partial charge in [0.1, 0.15) is 12.4 Å². The summed E-state index contributed by atoms with van der Waals surface area (Å²) in [6, 6.07) is 0. The van der Waals surface area contributed by atoms with E-state index in [1.54, 1.807) is 6.08 Å². The Hall–Kier alpha value is -1.12. The molecule has 1 saturated carbocycles. The van der Waals surface area contributed by atoms with E-state index in [1.165, 1.54) is 0 Å². The molecule has 102 valence electrons. The van der Waals surface area contributed by atoms with Crippen LogP contribution >= 0.6 is 0 Å². The first-order valence-electron chi connectivity index (χ1n) is 6.98. The molecule has 0 saturated heterocycles. The highest BCUT2D eigenvalue weighted by Crippen LogP contribution is 2.35. The lowest BCUT2D eigenvalue weighted by atomic mass is 9.88. The minimum Gasteiger partial charge on any atom is -0.461 e. The second-order valence-corrected chi connectivity index (χ2v) is 5.04. The second-order valence-electron chi connectivity index (χ2n) is 5.04. The Kier molecular flexibility index (Phi) is 6.69. The molecule has 18 heavy (non-hydrogen) atoms. The van der Waals surface area contributed by atoms with E-state index in [1.807, 2.05) is 0 Å². The highest BCUT2D eigenvalue weighted by Gasteiger charge is 2.35. The van der Waals surface area contributed by atoms with Gasteiger partial charge in [-0.1, -0.05) is 38.8 Å². The molecular formula is C15H24O3. The highest BCUT2D eigenvalue weighted by molar-refractivity contribution is 5.84. The standard InChI is InChI=1S/C15H24O3/c1-3-5-6-7-13-12(8-9-14(13)16)11-15(17)18-10-4-2/h4,12-13H,2-3,5-11H2,1H3. The quantitative estimate of drug-likeness (QED) is 0.378. The van der Waals surface area contributed by atoms with Crippen molar-refractivity contribution < 1.29 is 14.3 Å². The molecule has 1 rings (SSSR count). The van der Waals surface area contributed by atoms with Gasteiger partial charge < -0.3 is 4.74 Å². The van der Waals surface area contributed by atoms with Crippen LogP contribution in [0.4, 0.5) is 0 Å². The Morgan fingerprint density at radius 2 is 2.28 bits per heavy atom. The van der Waals surface area contributed by atoms with Gasteiger partial charge in [-0.15, -0.1) is 0 Å². The van der Waals surface area contributed by atoms with Crippen LogP contribution in [0.25, 0.3) is 0 Å². The monoisotopic (exact) mass is 252 g/mol. The smallest absolute Gasteiger partial charge is 0.306 e. The van der Waals surface area contributed by atoms with Crippen LogP contribution in [0.5, 0.6) is 0 Å². The van der Waals surface area contributed by atoms with Crippen molar-refractivity contribution in [2.75, 3.05) is 6.61 Å². The van der Waals surface area contributed by atoms with Crippen LogP contribution in [-0.4, -0.2) is 18.4 Å². The summed E-state index contributed by atoms with van der Waals surface area (Å²) in [6.45, 7) is 5.93. The molecule has 0 aromatic carbocycles. The molecular weight excluding hydrogens is 228 g/mol. The summed E-state index contributed by atoms with van der Waals surface area (Å²) < 4.78 is 4.99. The second kappa shape index (κ2) is 8.06. The fourth-order valence-electron chi connectivity index (χ4n) is 2.66. The van der Waals surface area contributed by atoms with Gasteiger partial charge >= 0.3 is 5.97 Å². The summed E-state index contributed by atoms with van der Waals surface area (Å²) in [7, 11) is 0. The molecule has 2 unspecified atom stereocenters. The number of ketones is 1. The third-order valence-electron chi connectivity index (χ3n) is 3.65. The number of rotatable bonds is 8. The first-order valence-corrected chi connectivity index (χ1v) is 6.98. The van der Waals surface area contributed by atoms with Gasteiger partial charge in [-0.3, -0.25) is 9.59 Å². The van der Waals surface area contributed by atoms with Crippen LogP contribution in [0.2, 0.25) is 0 Å². The largest absolute Gasteiger partial charge is 0.461 e. The van der Waals surface area contributed by atoms with Gasteiger partial charge in [0.2, 0.25) is 0 Å². The zero-order valence-electron chi connectivity index (χ0n) is 11.3. The van der Waals surface area contributed by atoms with E-state index < -0.39 is 0 Å². The fraction of sp³-hybridized carbons (Fsp3) is 0.733. The van der Waals surface area contributed by atoms with E-state index in [-0.39, 0.29) is 24.4 Å². The molecule has 0 heterocycles. The van der Waals surface area contributed by atoms with Gasteiger partial charge in [0.05, 0.1) is 0 Å². The van der Waals surface area contributed by atoms with Gasteiger partial charge in [-0.05, 0) is 18.8 Å². The topological polar surface area (TPSA) is 43.4 Å². The van der Waals surface area contributed by atoms with Crippen molar-refractivity contribution in [3.8, 4) is 0 Å². The van der Waals surface area contributed by atoms with Crippen molar-refractivity contribution in [2.45, 2.75) is 51.9 Å². The Labute approximate surface area is 110 Å². The number of unbranched alkanes of at least 4 members (excludes halogenated alkanes) is 2. The molecule has 1 aliphatic rings. The van der Waals surface area contributed by atoms with Crippen LogP contribution in [0.15, 0.2) is 12.7 Å². The lowest BCUT2D eigenvalue weighted by molar-refractivity contribution is -0.143. The molecule has 0 aromatic rings. The van der Waals surface area contributed by atoms with E-state index in [0.717, 1.165) is 32.1 Å². The predicted molar refractivity (Wildman–Crippen MR) is 71.1 cm³/mol. The van der Waals surface area contributed by atoms with Gasteiger partial charge in [0.25, 0.3) is 0 Å². The summed E-state index contributed by atoms with van der Waals surface area (Å²) in [4.78, 5) is 23.4. The molecule has 1 fully saturated rings. The summed E-state index contributed by atoms with van der Waals surface area (Å²) in [5, 5.41) is 0. The number of hydrogen-bond acceptors (Lipinski definition) is 3. The Bertz CT molecular complexity index is 296. The molecule has 0 bridgehead atoms. The number of ether oxygens (including phenoxy) is 1. The molecule has 0 aromatic heterocycles. The van der Waals surface area contributed by atoms with Crippen molar-refractivity contribution in [1.29, 1.82) is 0 Å². The van der Waals surface area contributed by atoms with Gasteiger partial charge in [0, 0.05) is 18.8 Å². The third kappa shape index (κ3) is 4.63. The van der Waals surface area contributed by atoms with E-state index in [2.05, 4.69) is 13.5 Å². The minimum atomic E-state index is -0.199. The van der Waals surface area contributed by atoms with Gasteiger partial charge in [-0.25, -0.2) is 0 Å². The fourth-order valence-corrected chi connectivity index (χ4v) is 2.66. The van der Waals surface area contributed by atoms with Crippen molar-refractivity contribution >= 4 is 11.8 Å². The first kappa shape index (κ1) is 14.9. The Morgan fingerprint density at radius 3 is 2.94 bits per heavy atom. The third-order valence-corrected chi connectivity index (χ3v) is 3.65. The van der Waals surface area contributed by atoms with Crippen LogP contribution in [0, 0.1) is 11.8 Å². The van der Waals surface area contributed by atoms with E-state index in [4.69, 9.17) is 4.74 Å². The van der Waals surface area contributed by atoms with E-state index >= 15 is 0 Å². The number of carbonyl (C=O) groups excluding carboxylic acids is 2. The number of carbonyl (C=O) groups is 2. The van der Waals surface area contributed by atoms with Crippen LogP contribution in [0.1, 0.15) is 51.9 Å². The molecule has 3 heteroatoms. The number of esters is 1. The molecule has 0 N–H and O–H groups in total. The van der Waals surface area contributed by atoms with Crippen molar-refractivity contribution in [2.24, 2.45) is 11.8 Å². The zero-order chi connectivity index (χ0) is 13.4. The zero-order valence-corrected chi connectivity index (χ0v) is 11.3. The van der Waals surface area contributed by atoms with Gasteiger partial charge in [0.15, 0.2) is 0 Å². The van der Waals surface area contributed by atoms with E-state index in [0.29, 0.717) is 18.6 Å². The molecule has 0 aliphatic heterocycles. The Balaban J connectivity index is 2.39. The molecule has 0 spiro atoms. The normalized spacial score (nSPS) is 23.1. The molecule has 2 atom stereocenters. The average Bonchev–Trinajstić information content (AvgIpc) is 2.69. The highest BCUT2D eigenvalue weighted by atomic mass is 16.5.